The smallest absolute Gasteiger partial charge is 0.258 e. The molecule has 0 aliphatic carbocycles. The molecule has 0 saturated heterocycles. The first-order chi connectivity index (χ1) is 9.95. The van der Waals surface area contributed by atoms with Crippen LogP contribution < -0.4 is 10.5 Å². The number of nitrogens with zero attached hydrogens (tertiary/aromatic N) is 1. The fourth-order valence-corrected chi connectivity index (χ4v) is 3.00. The molecular weight excluding hydrogens is 286 g/mol. The lowest BCUT2D eigenvalue weighted by Crippen LogP contribution is -2.25. The van der Waals surface area contributed by atoms with Crippen LogP contribution >= 0.6 is 0 Å². The highest BCUT2D eigenvalue weighted by atomic mass is 32.2. The van der Waals surface area contributed by atoms with E-state index < -0.39 is 10.0 Å². The summed E-state index contributed by atoms with van der Waals surface area (Å²) in [5.41, 5.74) is 6.28. The molecule has 1 aromatic heterocycles. The zero-order valence-electron chi connectivity index (χ0n) is 13.0. The van der Waals surface area contributed by atoms with Gasteiger partial charge in [-0.15, -0.1) is 0 Å². The van der Waals surface area contributed by atoms with E-state index in [4.69, 9.17) is 5.73 Å². The molecule has 1 aromatic rings. The van der Waals surface area contributed by atoms with Crippen molar-refractivity contribution in [3.05, 3.63) is 23.9 Å². The molecule has 5 nitrogen and oxygen atoms in total. The predicted octanol–water partition coefficient (Wildman–Crippen LogP) is 2.43. The summed E-state index contributed by atoms with van der Waals surface area (Å²) in [5, 5.41) is 0.0551. The van der Waals surface area contributed by atoms with Gasteiger partial charge in [0.25, 0.3) is 10.0 Å². The van der Waals surface area contributed by atoms with Crippen molar-refractivity contribution in [2.75, 3.05) is 6.54 Å². The first-order valence-corrected chi connectivity index (χ1v) is 9.08. The number of pyridine rings is 1. The fraction of sp³-hybridized carbons (Fsp3) is 0.667. The molecule has 6 heteroatoms. The van der Waals surface area contributed by atoms with Gasteiger partial charge in [-0.25, -0.2) is 18.1 Å². The van der Waals surface area contributed by atoms with Gasteiger partial charge in [-0.3, -0.25) is 0 Å². The van der Waals surface area contributed by atoms with Crippen LogP contribution in [0.25, 0.3) is 0 Å². The lowest BCUT2D eigenvalue weighted by Gasteiger charge is -2.07. The molecule has 3 N–H and O–H groups in total. The van der Waals surface area contributed by atoms with Crippen molar-refractivity contribution >= 4 is 10.0 Å². The van der Waals surface area contributed by atoms with Crippen LogP contribution in [0.2, 0.25) is 0 Å². The molecular formula is C15H27N3O2S. The molecule has 0 spiro atoms. The number of nitrogens with two attached hydrogens (primary N) is 1. The van der Waals surface area contributed by atoms with Crippen LogP contribution in [0.3, 0.4) is 0 Å². The topological polar surface area (TPSA) is 85.1 Å². The van der Waals surface area contributed by atoms with Crippen LogP contribution in [-0.2, 0) is 16.6 Å². The molecule has 0 amide bonds. The molecule has 0 saturated carbocycles. The van der Waals surface area contributed by atoms with Crippen molar-refractivity contribution in [3.63, 3.8) is 0 Å². The predicted molar refractivity (Wildman–Crippen MR) is 85.2 cm³/mol. The molecule has 0 radical (unpaired) electrons. The lowest BCUT2D eigenvalue weighted by molar-refractivity contribution is 0.517. The molecule has 0 atom stereocenters. The summed E-state index contributed by atoms with van der Waals surface area (Å²) in [6.07, 6.45) is 7.02. The summed E-state index contributed by atoms with van der Waals surface area (Å²) in [7, 11) is -3.49. The molecule has 1 rings (SSSR count). The molecule has 0 aromatic carbocycles. The van der Waals surface area contributed by atoms with Gasteiger partial charge in [-0.1, -0.05) is 45.6 Å². The Morgan fingerprint density at radius 3 is 2.48 bits per heavy atom. The van der Waals surface area contributed by atoms with Gasteiger partial charge in [0.1, 0.15) is 0 Å². The molecule has 21 heavy (non-hydrogen) atoms. The minimum Gasteiger partial charge on any atom is -0.326 e. The van der Waals surface area contributed by atoms with E-state index in [9.17, 15) is 8.42 Å². The van der Waals surface area contributed by atoms with Crippen LogP contribution in [0, 0.1) is 5.92 Å². The number of nitrogens with one attached hydrogen (secondary N) is 1. The van der Waals surface area contributed by atoms with Gasteiger partial charge in [0, 0.05) is 19.3 Å². The SMILES string of the molecule is CC(C)CCCCCCNS(=O)(=O)c1ccc(CN)cn1. The average Bonchev–Trinajstić information content (AvgIpc) is 2.46. The third kappa shape index (κ3) is 7.02. The van der Waals surface area contributed by atoms with Gasteiger partial charge in [0.2, 0.25) is 0 Å². The summed E-state index contributed by atoms with van der Waals surface area (Å²) in [5.74, 6) is 0.742. The zero-order valence-corrected chi connectivity index (χ0v) is 13.8. The van der Waals surface area contributed by atoms with Crippen molar-refractivity contribution in [1.82, 2.24) is 9.71 Å². The Hall–Kier alpha value is -0.980. The van der Waals surface area contributed by atoms with E-state index in [0.29, 0.717) is 13.1 Å². The lowest BCUT2D eigenvalue weighted by atomic mass is 10.0. The zero-order chi connectivity index (χ0) is 15.7. The van der Waals surface area contributed by atoms with Gasteiger partial charge in [0.15, 0.2) is 5.03 Å². The van der Waals surface area contributed by atoms with E-state index in [1.165, 1.54) is 25.1 Å². The van der Waals surface area contributed by atoms with E-state index in [0.717, 1.165) is 30.7 Å². The number of rotatable bonds is 10. The number of hydrogen-bond donors (Lipinski definition) is 2. The first kappa shape index (κ1) is 18.1. The largest absolute Gasteiger partial charge is 0.326 e. The van der Waals surface area contributed by atoms with Crippen LogP contribution in [0.15, 0.2) is 23.4 Å². The monoisotopic (exact) mass is 313 g/mol. The quantitative estimate of drug-likeness (QED) is 0.650. The second-order valence-corrected chi connectivity index (χ2v) is 7.42. The average molecular weight is 313 g/mol. The summed E-state index contributed by atoms with van der Waals surface area (Å²) in [6.45, 7) is 5.26. The standard InChI is InChI=1S/C15H27N3O2S/c1-13(2)7-5-3-4-6-10-18-21(19,20)15-9-8-14(11-16)12-17-15/h8-9,12-13,18H,3-7,10-11,16H2,1-2H3. The third-order valence-electron chi connectivity index (χ3n) is 3.31. The normalized spacial score (nSPS) is 12.0. The van der Waals surface area contributed by atoms with Crippen molar-refractivity contribution < 1.29 is 8.42 Å². The van der Waals surface area contributed by atoms with E-state index in [1.807, 2.05) is 0 Å². The van der Waals surface area contributed by atoms with Gasteiger partial charge >= 0.3 is 0 Å². The Labute approximate surface area is 128 Å². The second-order valence-electron chi connectivity index (χ2n) is 5.70. The summed E-state index contributed by atoms with van der Waals surface area (Å²) in [4.78, 5) is 3.94. The Bertz CT molecular complexity index is 498. The highest BCUT2D eigenvalue weighted by molar-refractivity contribution is 7.89. The van der Waals surface area contributed by atoms with Crippen LogP contribution in [-0.4, -0.2) is 19.9 Å². The number of aromatic nitrogens is 1. The molecule has 0 fully saturated rings. The van der Waals surface area contributed by atoms with Crippen molar-refractivity contribution in [2.45, 2.75) is 57.5 Å². The number of unbranched alkanes of at least 4 members (excludes halogenated alkanes) is 3. The molecule has 120 valence electrons. The number of hydrogen-bond acceptors (Lipinski definition) is 4. The second kappa shape index (κ2) is 9.12. The third-order valence-corrected chi connectivity index (χ3v) is 4.69. The Balaban J connectivity index is 2.29. The fourth-order valence-electron chi connectivity index (χ4n) is 2.00. The highest BCUT2D eigenvalue weighted by Crippen LogP contribution is 2.10. The van der Waals surface area contributed by atoms with Gasteiger partial charge in [-0.05, 0) is 24.0 Å². The highest BCUT2D eigenvalue weighted by Gasteiger charge is 2.14. The summed E-state index contributed by atoms with van der Waals surface area (Å²) < 4.78 is 26.6. The van der Waals surface area contributed by atoms with Gasteiger partial charge < -0.3 is 5.73 Å². The van der Waals surface area contributed by atoms with E-state index in [1.54, 1.807) is 6.07 Å². The Morgan fingerprint density at radius 1 is 1.19 bits per heavy atom. The Kier molecular flexibility index (Phi) is 7.85. The minimum absolute atomic E-state index is 0.0551. The summed E-state index contributed by atoms with van der Waals surface area (Å²) >= 11 is 0. The maximum Gasteiger partial charge on any atom is 0.258 e. The van der Waals surface area contributed by atoms with Gasteiger partial charge in [0.05, 0.1) is 0 Å². The Morgan fingerprint density at radius 2 is 1.90 bits per heavy atom. The van der Waals surface area contributed by atoms with Crippen LogP contribution in [0.4, 0.5) is 0 Å². The maximum absolute atomic E-state index is 12.0. The van der Waals surface area contributed by atoms with E-state index in [-0.39, 0.29) is 5.03 Å². The molecule has 0 unspecified atom stereocenters. The summed E-state index contributed by atoms with van der Waals surface area (Å²) in [6, 6.07) is 3.18. The first-order valence-electron chi connectivity index (χ1n) is 7.60. The van der Waals surface area contributed by atoms with E-state index in [2.05, 4.69) is 23.6 Å². The van der Waals surface area contributed by atoms with Crippen molar-refractivity contribution in [3.8, 4) is 0 Å². The molecule has 0 bridgehead atoms. The molecule has 0 aliphatic heterocycles. The van der Waals surface area contributed by atoms with Crippen LogP contribution in [0.1, 0.15) is 51.5 Å². The van der Waals surface area contributed by atoms with Crippen LogP contribution in [0.5, 0.6) is 0 Å². The van der Waals surface area contributed by atoms with Gasteiger partial charge in [-0.2, -0.15) is 0 Å². The van der Waals surface area contributed by atoms with Crippen molar-refractivity contribution in [2.24, 2.45) is 11.7 Å². The molecule has 1 heterocycles. The van der Waals surface area contributed by atoms with Crippen molar-refractivity contribution in [1.29, 1.82) is 0 Å². The number of sulfonamides is 1. The molecule has 0 aliphatic rings. The maximum atomic E-state index is 12.0. The minimum atomic E-state index is -3.49. The van der Waals surface area contributed by atoms with E-state index >= 15 is 0 Å².